The molecule has 0 amide bonds. The highest BCUT2D eigenvalue weighted by Crippen LogP contribution is 2.32. The van der Waals surface area contributed by atoms with Gasteiger partial charge in [-0.25, -0.2) is 8.42 Å². The summed E-state index contributed by atoms with van der Waals surface area (Å²) in [5, 5.41) is 3.17. The highest BCUT2D eigenvalue weighted by Gasteiger charge is 2.34. The Hall–Kier alpha value is -0.620. The van der Waals surface area contributed by atoms with E-state index in [2.05, 4.69) is 12.2 Å². The zero-order valence-electron chi connectivity index (χ0n) is 14.3. The Morgan fingerprint density at radius 1 is 0.955 bits per heavy atom. The number of hydrogen-bond acceptors (Lipinski definition) is 3. The van der Waals surface area contributed by atoms with Crippen LogP contribution in [0.15, 0.2) is 4.90 Å². The summed E-state index contributed by atoms with van der Waals surface area (Å²) in [7, 11) is -1.53. The molecule has 0 saturated carbocycles. The molecule has 4 nitrogen and oxygen atoms in total. The summed E-state index contributed by atoms with van der Waals surface area (Å²) in [4.78, 5) is 0.514. The molecule has 1 N–H and O–H groups in total. The molecule has 0 aromatic heterocycles. The van der Waals surface area contributed by atoms with E-state index in [0.29, 0.717) is 18.0 Å². The van der Waals surface area contributed by atoms with Crippen molar-refractivity contribution in [3.63, 3.8) is 0 Å². The molecule has 0 bridgehead atoms. The van der Waals surface area contributed by atoms with Gasteiger partial charge in [0.15, 0.2) is 0 Å². The van der Waals surface area contributed by atoms with Gasteiger partial charge in [-0.3, -0.25) is 0 Å². The number of nitrogens with one attached hydrogen (secondary N) is 1. The first-order valence-electron chi connectivity index (χ1n) is 7.46. The molecule has 1 heterocycles. The van der Waals surface area contributed by atoms with E-state index in [1.807, 2.05) is 34.7 Å². The minimum absolute atomic E-state index is 0. The lowest BCUT2D eigenvalue weighted by Gasteiger charge is -2.23. The highest BCUT2D eigenvalue weighted by atomic mass is 35.5. The van der Waals surface area contributed by atoms with Crippen LogP contribution in [0.5, 0.6) is 0 Å². The fourth-order valence-electron chi connectivity index (χ4n) is 3.16. The first kappa shape index (κ1) is 19.4. The van der Waals surface area contributed by atoms with Crippen molar-refractivity contribution in [3.05, 3.63) is 27.8 Å². The molecule has 1 aromatic rings. The smallest absolute Gasteiger partial charge is 0.243 e. The second-order valence-electron chi connectivity index (χ2n) is 6.09. The molecular weight excluding hydrogens is 320 g/mol. The van der Waals surface area contributed by atoms with E-state index in [1.165, 1.54) is 5.56 Å². The normalized spacial score (nSPS) is 19.3. The molecule has 2 rings (SSSR count). The minimum atomic E-state index is -3.41. The van der Waals surface area contributed by atoms with Gasteiger partial charge in [0.1, 0.15) is 0 Å². The van der Waals surface area contributed by atoms with Crippen molar-refractivity contribution in [2.45, 2.75) is 52.0 Å². The van der Waals surface area contributed by atoms with E-state index < -0.39 is 10.0 Å². The number of halogens is 1. The van der Waals surface area contributed by atoms with Crippen molar-refractivity contribution in [1.82, 2.24) is 9.62 Å². The van der Waals surface area contributed by atoms with E-state index in [4.69, 9.17) is 0 Å². The lowest BCUT2D eigenvalue weighted by molar-refractivity contribution is 0.463. The van der Waals surface area contributed by atoms with E-state index in [0.717, 1.165) is 28.7 Å². The molecule has 126 valence electrons. The van der Waals surface area contributed by atoms with Crippen LogP contribution in [-0.2, 0) is 10.0 Å². The van der Waals surface area contributed by atoms with Crippen LogP contribution in [0.3, 0.4) is 0 Å². The van der Waals surface area contributed by atoms with E-state index >= 15 is 0 Å². The molecule has 22 heavy (non-hydrogen) atoms. The molecule has 0 radical (unpaired) electrons. The van der Waals surface area contributed by atoms with Gasteiger partial charge in [-0.2, -0.15) is 4.31 Å². The van der Waals surface area contributed by atoms with Crippen molar-refractivity contribution < 1.29 is 8.42 Å². The average molecular weight is 347 g/mol. The third kappa shape index (κ3) is 3.04. The van der Waals surface area contributed by atoms with Crippen molar-refractivity contribution in [2.24, 2.45) is 0 Å². The Balaban J connectivity index is 0.00000242. The molecule has 6 heteroatoms. The zero-order chi connectivity index (χ0) is 15.9. The third-order valence-electron chi connectivity index (χ3n) is 5.09. The monoisotopic (exact) mass is 346 g/mol. The Bertz CT molecular complexity index is 642. The summed E-state index contributed by atoms with van der Waals surface area (Å²) in [6.45, 7) is 11.1. The second kappa shape index (κ2) is 6.87. The second-order valence-corrected chi connectivity index (χ2v) is 7.97. The average Bonchev–Trinajstić information content (AvgIpc) is 2.92. The maximum atomic E-state index is 13.1. The summed E-state index contributed by atoms with van der Waals surface area (Å²) < 4.78 is 27.7. The van der Waals surface area contributed by atoms with Crippen LogP contribution in [0.2, 0.25) is 0 Å². The van der Waals surface area contributed by atoms with Crippen LogP contribution >= 0.6 is 12.4 Å². The summed E-state index contributed by atoms with van der Waals surface area (Å²) in [6.07, 6.45) is 0.873. The number of benzene rings is 1. The summed E-state index contributed by atoms with van der Waals surface area (Å²) in [5.41, 5.74) is 5.15. The Morgan fingerprint density at radius 3 is 1.82 bits per heavy atom. The SMILES string of the molecule is CNC1CCN(S(=O)(=O)c2c(C)c(C)c(C)c(C)c2C)C1.Cl. The molecule has 0 aliphatic carbocycles. The molecule has 0 spiro atoms. The van der Waals surface area contributed by atoms with Crippen molar-refractivity contribution in [3.8, 4) is 0 Å². The highest BCUT2D eigenvalue weighted by molar-refractivity contribution is 7.89. The molecule has 1 fully saturated rings. The number of likely N-dealkylation sites (N-methyl/N-ethyl adjacent to an activating group) is 1. The lowest BCUT2D eigenvalue weighted by atomic mass is 9.95. The maximum Gasteiger partial charge on any atom is 0.243 e. The molecule has 1 saturated heterocycles. The van der Waals surface area contributed by atoms with Gasteiger partial charge in [0.25, 0.3) is 0 Å². The minimum Gasteiger partial charge on any atom is -0.316 e. The van der Waals surface area contributed by atoms with Gasteiger partial charge in [-0.1, -0.05) is 0 Å². The van der Waals surface area contributed by atoms with Crippen molar-refractivity contribution in [2.75, 3.05) is 20.1 Å². The standard InChI is InChI=1S/C16H26N2O2S.ClH/c1-10-11(2)13(4)16(14(5)12(10)3)21(19,20)18-8-7-15(9-18)17-6;/h15,17H,7-9H2,1-6H3;1H. The zero-order valence-corrected chi connectivity index (χ0v) is 15.9. The van der Waals surface area contributed by atoms with Crippen LogP contribution in [0.4, 0.5) is 0 Å². The first-order valence-corrected chi connectivity index (χ1v) is 8.90. The van der Waals surface area contributed by atoms with Crippen LogP contribution in [-0.4, -0.2) is 38.9 Å². The third-order valence-corrected chi connectivity index (χ3v) is 7.23. The predicted octanol–water partition coefficient (Wildman–Crippen LogP) is 2.63. The van der Waals surface area contributed by atoms with Crippen LogP contribution in [0.1, 0.15) is 34.2 Å². The van der Waals surface area contributed by atoms with Crippen LogP contribution in [0.25, 0.3) is 0 Å². The number of sulfonamides is 1. The quantitative estimate of drug-likeness (QED) is 0.915. The van der Waals surface area contributed by atoms with Crippen molar-refractivity contribution >= 4 is 22.4 Å². The van der Waals surface area contributed by atoms with Gasteiger partial charge in [0.2, 0.25) is 10.0 Å². The largest absolute Gasteiger partial charge is 0.316 e. The number of hydrogen-bond donors (Lipinski definition) is 1. The molecule has 1 aromatic carbocycles. The molecule has 1 unspecified atom stereocenters. The van der Waals surface area contributed by atoms with Gasteiger partial charge in [-0.05, 0) is 75.9 Å². The fourth-order valence-corrected chi connectivity index (χ4v) is 5.22. The summed E-state index contributed by atoms with van der Waals surface area (Å²) in [5.74, 6) is 0. The number of rotatable bonds is 3. The topological polar surface area (TPSA) is 49.4 Å². The van der Waals surface area contributed by atoms with Gasteiger partial charge >= 0.3 is 0 Å². The Kier molecular flexibility index (Phi) is 6.07. The van der Waals surface area contributed by atoms with Gasteiger partial charge in [0, 0.05) is 19.1 Å². The van der Waals surface area contributed by atoms with Gasteiger partial charge in [-0.15, -0.1) is 12.4 Å². The molecular formula is C16H27ClN2O2S. The van der Waals surface area contributed by atoms with Gasteiger partial charge in [0.05, 0.1) is 4.90 Å². The van der Waals surface area contributed by atoms with Crippen LogP contribution < -0.4 is 5.32 Å². The summed E-state index contributed by atoms with van der Waals surface area (Å²) >= 11 is 0. The van der Waals surface area contributed by atoms with Gasteiger partial charge < -0.3 is 5.32 Å². The molecule has 1 atom stereocenters. The van der Waals surface area contributed by atoms with Crippen molar-refractivity contribution in [1.29, 1.82) is 0 Å². The molecule has 1 aliphatic rings. The van der Waals surface area contributed by atoms with E-state index in [-0.39, 0.29) is 18.4 Å². The fraction of sp³-hybridized carbons (Fsp3) is 0.625. The predicted molar refractivity (Wildman–Crippen MR) is 93.6 cm³/mol. The summed E-state index contributed by atoms with van der Waals surface area (Å²) in [6, 6.07) is 0.257. The molecule has 1 aliphatic heterocycles. The van der Waals surface area contributed by atoms with E-state index in [1.54, 1.807) is 4.31 Å². The van der Waals surface area contributed by atoms with E-state index in [9.17, 15) is 8.42 Å². The first-order chi connectivity index (χ1) is 9.71. The number of nitrogens with zero attached hydrogens (tertiary/aromatic N) is 1. The Labute approximate surface area is 140 Å². The van der Waals surface area contributed by atoms with Crippen LogP contribution in [0, 0.1) is 34.6 Å². The Morgan fingerprint density at radius 2 is 1.41 bits per heavy atom. The lowest BCUT2D eigenvalue weighted by Crippen LogP contribution is -2.34. The maximum absolute atomic E-state index is 13.1.